The van der Waals surface area contributed by atoms with Crippen molar-refractivity contribution in [2.24, 2.45) is 0 Å². The van der Waals surface area contributed by atoms with Gasteiger partial charge in [-0.25, -0.2) is 4.57 Å². The minimum Gasteiger partial charge on any atom is -0.462 e. The highest BCUT2D eigenvalue weighted by molar-refractivity contribution is 7.47. The molecule has 410 valence electrons. The second-order valence-corrected chi connectivity index (χ2v) is 22.5. The second kappa shape index (κ2) is 51.9. The Kier molecular flexibility index (Phi) is 50.4. The van der Waals surface area contributed by atoms with Crippen LogP contribution in [-0.4, -0.2) is 74.9 Å². The number of phosphoric ester groups is 1. The Labute approximate surface area is 433 Å². The Morgan fingerprint density at radius 1 is 0.443 bits per heavy atom. The molecular formula is C60H113NO8P+. The molecule has 0 aliphatic carbocycles. The summed E-state index contributed by atoms with van der Waals surface area (Å²) < 4.78 is 34.6. The molecule has 10 heteroatoms. The number of carbonyl (C=O) groups excluding carboxylic acids is 2. The van der Waals surface area contributed by atoms with Crippen molar-refractivity contribution in [2.75, 3.05) is 47.5 Å². The van der Waals surface area contributed by atoms with Crippen molar-refractivity contribution in [1.82, 2.24) is 0 Å². The molecule has 0 bridgehead atoms. The third-order valence-electron chi connectivity index (χ3n) is 12.8. The van der Waals surface area contributed by atoms with E-state index in [0.29, 0.717) is 17.4 Å². The zero-order valence-corrected chi connectivity index (χ0v) is 47.4. The molecule has 2 unspecified atom stereocenters. The van der Waals surface area contributed by atoms with Crippen LogP contribution in [0.5, 0.6) is 0 Å². The van der Waals surface area contributed by atoms with Gasteiger partial charge in [0.2, 0.25) is 0 Å². The lowest BCUT2D eigenvalue weighted by molar-refractivity contribution is -0.870. The number of nitrogens with zero attached hydrogens (tertiary/aromatic N) is 1. The van der Waals surface area contributed by atoms with E-state index in [0.717, 1.165) is 57.8 Å². The lowest BCUT2D eigenvalue weighted by Gasteiger charge is -2.24. The molecular weight excluding hydrogens is 894 g/mol. The first-order chi connectivity index (χ1) is 34.0. The van der Waals surface area contributed by atoms with E-state index in [9.17, 15) is 19.0 Å². The molecule has 0 aliphatic heterocycles. The summed E-state index contributed by atoms with van der Waals surface area (Å²) in [6, 6.07) is 0. The van der Waals surface area contributed by atoms with Crippen molar-refractivity contribution in [2.45, 2.75) is 277 Å². The van der Waals surface area contributed by atoms with Crippen LogP contribution in [0.15, 0.2) is 48.6 Å². The average molecular weight is 1010 g/mol. The first-order valence-corrected chi connectivity index (χ1v) is 30.9. The van der Waals surface area contributed by atoms with E-state index in [4.69, 9.17) is 18.5 Å². The summed E-state index contributed by atoms with van der Waals surface area (Å²) in [4.78, 5) is 35.7. The molecule has 70 heavy (non-hydrogen) atoms. The van der Waals surface area contributed by atoms with E-state index in [1.165, 1.54) is 180 Å². The van der Waals surface area contributed by atoms with Crippen LogP contribution in [0, 0.1) is 0 Å². The fraction of sp³-hybridized carbons (Fsp3) is 0.833. The van der Waals surface area contributed by atoms with Crippen LogP contribution >= 0.6 is 7.82 Å². The van der Waals surface area contributed by atoms with Crippen LogP contribution in [0.3, 0.4) is 0 Å². The Morgan fingerprint density at radius 2 is 0.771 bits per heavy atom. The van der Waals surface area contributed by atoms with Gasteiger partial charge in [-0.1, -0.05) is 229 Å². The van der Waals surface area contributed by atoms with Crippen molar-refractivity contribution in [1.29, 1.82) is 0 Å². The number of rotatable bonds is 54. The summed E-state index contributed by atoms with van der Waals surface area (Å²) in [5.41, 5.74) is 0. The van der Waals surface area contributed by atoms with Crippen LogP contribution < -0.4 is 0 Å². The summed E-state index contributed by atoms with van der Waals surface area (Å²) in [5, 5.41) is 0. The SMILES string of the molecule is CCCCC/C=C\C/C=C\CCCCCCCCCC(=O)OCC(COP(=O)(O)OCC[N+](C)(C)C)OC(=O)CCCCCCCCCCCCCCCCCCC/C=C\C/C=C\CCCCCCC. The Morgan fingerprint density at radius 3 is 1.16 bits per heavy atom. The molecule has 0 amide bonds. The number of hydrogen-bond donors (Lipinski definition) is 1. The monoisotopic (exact) mass is 1010 g/mol. The maximum Gasteiger partial charge on any atom is 0.472 e. The Hall–Kier alpha value is -2.03. The fourth-order valence-electron chi connectivity index (χ4n) is 8.25. The number of carbonyl (C=O) groups is 2. The quantitative estimate of drug-likeness (QED) is 0.0211. The third kappa shape index (κ3) is 55.3. The molecule has 0 saturated carbocycles. The van der Waals surface area contributed by atoms with Gasteiger partial charge in [-0.15, -0.1) is 0 Å². The zero-order valence-electron chi connectivity index (χ0n) is 46.5. The van der Waals surface area contributed by atoms with Gasteiger partial charge >= 0.3 is 19.8 Å². The summed E-state index contributed by atoms with van der Waals surface area (Å²) in [6.45, 7) is 4.42. The van der Waals surface area contributed by atoms with Crippen molar-refractivity contribution in [3.8, 4) is 0 Å². The molecule has 2 atom stereocenters. The van der Waals surface area contributed by atoms with Crippen LogP contribution in [-0.2, 0) is 32.7 Å². The Balaban J connectivity index is 4.10. The maximum atomic E-state index is 12.8. The number of esters is 2. The number of phosphoric acid groups is 1. The van der Waals surface area contributed by atoms with Gasteiger partial charge in [-0.2, -0.15) is 0 Å². The van der Waals surface area contributed by atoms with Gasteiger partial charge in [0, 0.05) is 12.8 Å². The van der Waals surface area contributed by atoms with Crippen LogP contribution in [0.1, 0.15) is 271 Å². The number of likely N-dealkylation sites (N-methyl/N-ethyl adjacent to an activating group) is 1. The summed E-state index contributed by atoms with van der Waals surface area (Å²) in [6.07, 6.45) is 64.7. The maximum absolute atomic E-state index is 12.8. The van der Waals surface area contributed by atoms with Gasteiger partial charge in [0.1, 0.15) is 19.8 Å². The van der Waals surface area contributed by atoms with Gasteiger partial charge in [0.25, 0.3) is 0 Å². The van der Waals surface area contributed by atoms with Gasteiger partial charge in [0.05, 0.1) is 27.7 Å². The molecule has 0 spiro atoms. The molecule has 0 fully saturated rings. The standard InChI is InChI=1S/C60H112NO8P/c1-6-8-10-12-14-16-18-20-22-24-25-26-27-28-29-30-31-32-33-34-35-37-39-41-43-45-47-49-51-53-60(63)69-58(57-68-70(64,65)67-55-54-61(3,4)5)56-66-59(62)52-50-48-46-44-42-40-38-36-23-21-19-17-15-13-11-9-7-2/h15,17-18,20-21,23-25,58H,6-14,16,19,22,26-57H2,1-5H3/p+1/b17-15-,20-18-,23-21-,25-24-. The third-order valence-corrected chi connectivity index (χ3v) is 13.8. The molecule has 0 aromatic heterocycles. The number of unbranched alkanes of at least 4 members (excludes halogenated alkanes) is 32. The number of hydrogen-bond acceptors (Lipinski definition) is 7. The predicted octanol–water partition coefficient (Wildman–Crippen LogP) is 18.1. The molecule has 0 radical (unpaired) electrons. The first kappa shape index (κ1) is 68.0. The smallest absolute Gasteiger partial charge is 0.462 e. The van der Waals surface area contributed by atoms with E-state index in [1.807, 2.05) is 21.1 Å². The summed E-state index contributed by atoms with van der Waals surface area (Å²) >= 11 is 0. The van der Waals surface area contributed by atoms with Crippen molar-refractivity contribution in [3.63, 3.8) is 0 Å². The van der Waals surface area contributed by atoms with Gasteiger partial charge in [-0.05, 0) is 77.0 Å². The minimum atomic E-state index is -4.39. The predicted molar refractivity (Wildman–Crippen MR) is 298 cm³/mol. The van der Waals surface area contributed by atoms with Gasteiger partial charge in [0.15, 0.2) is 6.10 Å². The van der Waals surface area contributed by atoms with Crippen molar-refractivity contribution >= 4 is 19.8 Å². The number of ether oxygens (including phenoxy) is 2. The van der Waals surface area contributed by atoms with Crippen LogP contribution in [0.4, 0.5) is 0 Å². The molecule has 0 aromatic carbocycles. The highest BCUT2D eigenvalue weighted by atomic mass is 31.2. The largest absolute Gasteiger partial charge is 0.472 e. The van der Waals surface area contributed by atoms with E-state index < -0.39 is 26.5 Å². The lowest BCUT2D eigenvalue weighted by atomic mass is 10.0. The zero-order chi connectivity index (χ0) is 51.3. The van der Waals surface area contributed by atoms with Gasteiger partial charge in [-0.3, -0.25) is 18.6 Å². The van der Waals surface area contributed by atoms with Crippen molar-refractivity contribution in [3.05, 3.63) is 48.6 Å². The van der Waals surface area contributed by atoms with E-state index in [2.05, 4.69) is 62.5 Å². The number of allylic oxidation sites excluding steroid dienone is 8. The normalized spacial score (nSPS) is 13.6. The topological polar surface area (TPSA) is 108 Å². The second-order valence-electron chi connectivity index (χ2n) is 21.0. The molecule has 0 aliphatic rings. The van der Waals surface area contributed by atoms with Crippen LogP contribution in [0.2, 0.25) is 0 Å². The van der Waals surface area contributed by atoms with Gasteiger partial charge < -0.3 is 18.9 Å². The number of quaternary nitrogens is 1. The highest BCUT2D eigenvalue weighted by Gasteiger charge is 2.27. The average Bonchev–Trinajstić information content (AvgIpc) is 3.32. The minimum absolute atomic E-state index is 0.0306. The summed E-state index contributed by atoms with van der Waals surface area (Å²) in [5.74, 6) is -0.797. The molecule has 9 nitrogen and oxygen atoms in total. The fourth-order valence-corrected chi connectivity index (χ4v) is 9.00. The highest BCUT2D eigenvalue weighted by Crippen LogP contribution is 2.43. The Bertz CT molecular complexity index is 1320. The molecule has 0 rings (SSSR count). The van der Waals surface area contributed by atoms with E-state index in [1.54, 1.807) is 0 Å². The molecule has 0 saturated heterocycles. The molecule has 1 N–H and O–H groups in total. The lowest BCUT2D eigenvalue weighted by Crippen LogP contribution is -2.37. The van der Waals surface area contributed by atoms with Crippen molar-refractivity contribution < 1.29 is 42.1 Å². The van der Waals surface area contributed by atoms with E-state index >= 15 is 0 Å². The summed E-state index contributed by atoms with van der Waals surface area (Å²) in [7, 11) is 1.48. The van der Waals surface area contributed by atoms with Crippen LogP contribution in [0.25, 0.3) is 0 Å². The molecule has 0 aromatic rings. The van der Waals surface area contributed by atoms with E-state index in [-0.39, 0.29) is 32.0 Å². The first-order valence-electron chi connectivity index (χ1n) is 29.4. The molecule has 0 heterocycles.